The number of nitrogens with zero attached hydrogens (tertiary/aromatic N) is 1. The molecule has 0 heterocycles. The molecule has 0 saturated carbocycles. The van der Waals surface area contributed by atoms with Crippen molar-refractivity contribution in [3.05, 3.63) is 84.4 Å². The van der Waals surface area contributed by atoms with Crippen LogP contribution in [0.25, 0.3) is 0 Å². The minimum Gasteiger partial charge on any atom is -0.348 e. The van der Waals surface area contributed by atoms with Crippen LogP contribution in [0.5, 0.6) is 0 Å². The first-order valence-electron chi connectivity index (χ1n) is 7.06. The number of likely N-dealkylation sites (N-methyl/N-ethyl adjacent to an activating group) is 1. The van der Waals surface area contributed by atoms with E-state index in [0.29, 0.717) is 6.42 Å². The smallest absolute Gasteiger partial charge is 0.237 e. The third-order valence-electron chi connectivity index (χ3n) is 3.75. The van der Waals surface area contributed by atoms with E-state index >= 15 is 0 Å². The first-order chi connectivity index (χ1) is 10.1. The van der Waals surface area contributed by atoms with Crippen LogP contribution in [0.3, 0.4) is 0 Å². The minimum atomic E-state index is -0.715. The zero-order valence-corrected chi connectivity index (χ0v) is 12.6. The number of benzene rings is 2. The summed E-state index contributed by atoms with van der Waals surface area (Å²) in [5.41, 5.74) is 1.28. The van der Waals surface area contributed by atoms with Crippen LogP contribution in [-0.2, 0) is 10.2 Å². The van der Waals surface area contributed by atoms with E-state index in [2.05, 4.69) is 6.58 Å². The van der Waals surface area contributed by atoms with Crippen LogP contribution < -0.4 is 0 Å². The molecular formula is C19H21NO. The van der Waals surface area contributed by atoms with Gasteiger partial charge in [-0.1, -0.05) is 66.7 Å². The number of amides is 1. The molecule has 0 N–H and O–H groups in total. The largest absolute Gasteiger partial charge is 0.348 e. The highest BCUT2D eigenvalue weighted by molar-refractivity contribution is 5.92. The van der Waals surface area contributed by atoms with Crippen LogP contribution in [-0.4, -0.2) is 24.9 Å². The summed E-state index contributed by atoms with van der Waals surface area (Å²) in [5.74, 6) is 0.0693. The van der Waals surface area contributed by atoms with Gasteiger partial charge in [-0.3, -0.25) is 4.79 Å². The van der Waals surface area contributed by atoms with Crippen molar-refractivity contribution in [2.24, 2.45) is 0 Å². The second kappa shape index (κ2) is 6.40. The predicted octanol–water partition coefficient (Wildman–Crippen LogP) is 3.64. The van der Waals surface area contributed by atoms with Gasteiger partial charge >= 0.3 is 0 Å². The summed E-state index contributed by atoms with van der Waals surface area (Å²) in [6.07, 6.45) is 2.39. The Morgan fingerprint density at radius 1 is 1.00 bits per heavy atom. The van der Waals surface area contributed by atoms with E-state index in [4.69, 9.17) is 0 Å². The molecule has 0 aliphatic rings. The number of carbonyl (C=O) groups is 1. The Morgan fingerprint density at radius 2 is 1.43 bits per heavy atom. The zero-order chi connectivity index (χ0) is 15.3. The lowest BCUT2D eigenvalue weighted by atomic mass is 9.71. The SMILES string of the molecule is C=CCC(C(=O)N(C)C)(c1ccccc1)c1ccccc1. The number of hydrogen-bond acceptors (Lipinski definition) is 1. The van der Waals surface area contributed by atoms with E-state index in [1.807, 2.05) is 66.7 Å². The fourth-order valence-corrected chi connectivity index (χ4v) is 2.78. The Bertz CT molecular complexity index is 562. The Balaban J connectivity index is 2.72. The molecule has 0 aromatic heterocycles. The molecule has 0 atom stereocenters. The van der Waals surface area contributed by atoms with Crippen LogP contribution >= 0.6 is 0 Å². The number of allylic oxidation sites excluding steroid dienone is 1. The van der Waals surface area contributed by atoms with Crippen LogP contribution in [0.1, 0.15) is 17.5 Å². The van der Waals surface area contributed by atoms with Crippen molar-refractivity contribution < 1.29 is 4.79 Å². The monoisotopic (exact) mass is 279 g/mol. The van der Waals surface area contributed by atoms with Crippen LogP contribution in [0.2, 0.25) is 0 Å². The Labute approximate surface area is 126 Å². The molecule has 2 aromatic carbocycles. The van der Waals surface area contributed by atoms with Crippen molar-refractivity contribution in [1.29, 1.82) is 0 Å². The van der Waals surface area contributed by atoms with Gasteiger partial charge in [-0.25, -0.2) is 0 Å². The summed E-state index contributed by atoms with van der Waals surface area (Å²) >= 11 is 0. The predicted molar refractivity (Wildman–Crippen MR) is 87.2 cm³/mol. The maximum Gasteiger partial charge on any atom is 0.237 e. The summed E-state index contributed by atoms with van der Waals surface area (Å²) < 4.78 is 0. The first kappa shape index (κ1) is 15.0. The first-order valence-corrected chi connectivity index (χ1v) is 7.06. The standard InChI is InChI=1S/C19H21NO/c1-4-15-19(18(21)20(2)3,16-11-7-5-8-12-16)17-13-9-6-10-14-17/h4-14H,1,15H2,2-3H3. The van der Waals surface area contributed by atoms with Crippen molar-refractivity contribution in [2.45, 2.75) is 11.8 Å². The number of hydrogen-bond donors (Lipinski definition) is 0. The summed E-state index contributed by atoms with van der Waals surface area (Å²) in [7, 11) is 3.60. The molecule has 0 radical (unpaired) electrons. The van der Waals surface area contributed by atoms with Crippen molar-refractivity contribution >= 4 is 5.91 Å². The summed E-state index contributed by atoms with van der Waals surface area (Å²) in [5, 5.41) is 0. The van der Waals surface area contributed by atoms with Gasteiger partial charge in [-0.2, -0.15) is 0 Å². The lowest BCUT2D eigenvalue weighted by Gasteiger charge is -2.35. The molecule has 1 amide bonds. The van der Waals surface area contributed by atoms with Gasteiger partial charge in [0.25, 0.3) is 0 Å². The van der Waals surface area contributed by atoms with E-state index in [9.17, 15) is 4.79 Å². The Kier molecular flexibility index (Phi) is 4.59. The second-order valence-electron chi connectivity index (χ2n) is 5.33. The van der Waals surface area contributed by atoms with Gasteiger partial charge in [0.1, 0.15) is 5.41 Å². The van der Waals surface area contributed by atoms with Gasteiger partial charge in [-0.15, -0.1) is 6.58 Å². The molecule has 2 aromatic rings. The average molecular weight is 279 g/mol. The van der Waals surface area contributed by atoms with Gasteiger partial charge in [0.05, 0.1) is 0 Å². The molecule has 0 bridgehead atoms. The topological polar surface area (TPSA) is 20.3 Å². The maximum atomic E-state index is 13.0. The summed E-state index contributed by atoms with van der Waals surface area (Å²) in [6, 6.07) is 19.9. The average Bonchev–Trinajstić information content (AvgIpc) is 2.53. The van der Waals surface area contributed by atoms with Gasteiger partial charge in [0, 0.05) is 14.1 Å². The highest BCUT2D eigenvalue weighted by atomic mass is 16.2. The van der Waals surface area contributed by atoms with Crippen LogP contribution in [0.4, 0.5) is 0 Å². The van der Waals surface area contributed by atoms with E-state index in [1.165, 1.54) is 0 Å². The molecule has 2 nitrogen and oxygen atoms in total. The molecular weight excluding hydrogens is 258 g/mol. The number of rotatable bonds is 5. The van der Waals surface area contributed by atoms with Gasteiger partial charge in [0.15, 0.2) is 0 Å². The molecule has 0 unspecified atom stereocenters. The summed E-state index contributed by atoms with van der Waals surface area (Å²) in [6.45, 7) is 3.87. The third-order valence-corrected chi connectivity index (χ3v) is 3.75. The fourth-order valence-electron chi connectivity index (χ4n) is 2.78. The Hall–Kier alpha value is -2.35. The molecule has 108 valence electrons. The molecule has 0 aliphatic carbocycles. The lowest BCUT2D eigenvalue weighted by Crippen LogP contribution is -2.44. The second-order valence-corrected chi connectivity index (χ2v) is 5.33. The van der Waals surface area contributed by atoms with Crippen LogP contribution in [0, 0.1) is 0 Å². The van der Waals surface area contributed by atoms with E-state index in [1.54, 1.807) is 19.0 Å². The molecule has 21 heavy (non-hydrogen) atoms. The van der Waals surface area contributed by atoms with Crippen molar-refractivity contribution in [2.75, 3.05) is 14.1 Å². The van der Waals surface area contributed by atoms with E-state index < -0.39 is 5.41 Å². The highest BCUT2D eigenvalue weighted by Crippen LogP contribution is 2.37. The summed E-state index contributed by atoms with van der Waals surface area (Å²) in [4.78, 5) is 14.7. The quantitative estimate of drug-likeness (QED) is 0.765. The minimum absolute atomic E-state index is 0.0693. The Morgan fingerprint density at radius 3 is 1.76 bits per heavy atom. The van der Waals surface area contributed by atoms with Crippen molar-refractivity contribution in [1.82, 2.24) is 4.90 Å². The lowest BCUT2D eigenvalue weighted by molar-refractivity contribution is -0.133. The van der Waals surface area contributed by atoms with Gasteiger partial charge in [-0.05, 0) is 17.5 Å². The molecule has 0 spiro atoms. The number of carbonyl (C=O) groups excluding carboxylic acids is 1. The normalized spacial score (nSPS) is 11.0. The maximum absolute atomic E-state index is 13.0. The van der Waals surface area contributed by atoms with Gasteiger partial charge in [0.2, 0.25) is 5.91 Å². The van der Waals surface area contributed by atoms with Crippen molar-refractivity contribution in [3.8, 4) is 0 Å². The molecule has 0 fully saturated rings. The zero-order valence-electron chi connectivity index (χ0n) is 12.6. The molecule has 0 saturated heterocycles. The van der Waals surface area contributed by atoms with Crippen LogP contribution in [0.15, 0.2) is 73.3 Å². The van der Waals surface area contributed by atoms with Crippen molar-refractivity contribution in [3.63, 3.8) is 0 Å². The molecule has 2 rings (SSSR count). The fraction of sp³-hybridized carbons (Fsp3) is 0.211. The van der Waals surface area contributed by atoms with E-state index in [0.717, 1.165) is 11.1 Å². The van der Waals surface area contributed by atoms with Gasteiger partial charge < -0.3 is 4.90 Å². The molecule has 0 aliphatic heterocycles. The highest BCUT2D eigenvalue weighted by Gasteiger charge is 2.41. The third kappa shape index (κ3) is 2.75. The van der Waals surface area contributed by atoms with E-state index in [-0.39, 0.29) is 5.91 Å². The molecule has 2 heteroatoms.